The number of carbonyl (C=O) groups is 1. The number of aliphatic imine (C=N–C) groups is 1. The Morgan fingerprint density at radius 3 is 2.61 bits per heavy atom. The van der Waals surface area contributed by atoms with Crippen molar-refractivity contribution >= 4 is 53.1 Å². The first-order valence-corrected chi connectivity index (χ1v) is 8.89. The molecule has 1 amide bonds. The Bertz CT molecular complexity index is 838. The van der Waals surface area contributed by atoms with Crippen molar-refractivity contribution in [2.45, 2.75) is 20.0 Å². The van der Waals surface area contributed by atoms with E-state index in [4.69, 9.17) is 16.3 Å². The highest BCUT2D eigenvalue weighted by atomic mass is 127. The van der Waals surface area contributed by atoms with Crippen LogP contribution in [0.4, 0.5) is 5.69 Å². The molecule has 0 spiro atoms. The average molecular weight is 520 g/mol. The zero-order chi connectivity index (χ0) is 20.0. The fourth-order valence-corrected chi connectivity index (χ4v) is 3.03. The fraction of sp³-hybridized carbons (Fsp3) is 0.368. The van der Waals surface area contributed by atoms with Crippen LogP contribution in [0.15, 0.2) is 35.5 Å². The van der Waals surface area contributed by atoms with Crippen molar-refractivity contribution in [2.24, 2.45) is 12.0 Å². The van der Waals surface area contributed by atoms with Crippen molar-refractivity contribution in [1.29, 1.82) is 0 Å². The lowest BCUT2D eigenvalue weighted by Gasteiger charge is -2.22. The van der Waals surface area contributed by atoms with Crippen LogP contribution in [0.5, 0.6) is 5.75 Å². The summed E-state index contributed by atoms with van der Waals surface area (Å²) >= 11 is 6.05. The Morgan fingerprint density at radius 2 is 2.07 bits per heavy atom. The molecule has 1 aromatic carbocycles. The lowest BCUT2D eigenvalue weighted by Crippen LogP contribution is -2.38. The molecule has 0 saturated heterocycles. The van der Waals surface area contributed by atoms with E-state index >= 15 is 0 Å². The average Bonchev–Trinajstić information content (AvgIpc) is 2.92. The van der Waals surface area contributed by atoms with Crippen LogP contribution in [0.2, 0.25) is 5.02 Å². The number of aryl methyl sites for hydroxylation is 1. The summed E-state index contributed by atoms with van der Waals surface area (Å²) < 4.78 is 7.28. The standard InChI is InChI=1S/C19H26ClN5O2.HI/c1-13(26)23-17-8-14(6-7-18(17)27-5)10-22-19(21-2)25(4)12-16-9-15(20)11-24(16)3;/h6-9,11H,10,12H2,1-5H3,(H,21,22)(H,23,26);1H. The number of nitrogens with zero attached hydrogens (tertiary/aromatic N) is 3. The van der Waals surface area contributed by atoms with Crippen LogP contribution in [0, 0.1) is 0 Å². The van der Waals surface area contributed by atoms with Gasteiger partial charge < -0.3 is 24.8 Å². The summed E-state index contributed by atoms with van der Waals surface area (Å²) in [5, 5.41) is 6.83. The van der Waals surface area contributed by atoms with Gasteiger partial charge in [0.1, 0.15) is 5.75 Å². The molecule has 0 atom stereocenters. The summed E-state index contributed by atoms with van der Waals surface area (Å²) in [6.45, 7) is 2.70. The van der Waals surface area contributed by atoms with Crippen LogP contribution in [0.3, 0.4) is 0 Å². The van der Waals surface area contributed by atoms with Gasteiger partial charge in [-0.05, 0) is 23.8 Å². The number of guanidine groups is 1. The predicted molar refractivity (Wildman–Crippen MR) is 125 cm³/mol. The van der Waals surface area contributed by atoms with Crippen molar-refractivity contribution in [3.05, 3.63) is 46.7 Å². The molecule has 1 aromatic heterocycles. The van der Waals surface area contributed by atoms with E-state index in [1.165, 1.54) is 6.92 Å². The van der Waals surface area contributed by atoms with E-state index in [9.17, 15) is 4.79 Å². The van der Waals surface area contributed by atoms with Crippen LogP contribution < -0.4 is 15.4 Å². The van der Waals surface area contributed by atoms with Crippen molar-refractivity contribution in [2.75, 3.05) is 26.5 Å². The maximum atomic E-state index is 11.4. The number of hydrogen-bond acceptors (Lipinski definition) is 3. The van der Waals surface area contributed by atoms with Crippen molar-refractivity contribution in [3.63, 3.8) is 0 Å². The highest BCUT2D eigenvalue weighted by Crippen LogP contribution is 2.25. The molecule has 0 unspecified atom stereocenters. The first-order valence-electron chi connectivity index (χ1n) is 8.51. The maximum Gasteiger partial charge on any atom is 0.221 e. The molecule has 0 aliphatic rings. The largest absolute Gasteiger partial charge is 0.495 e. The van der Waals surface area contributed by atoms with Gasteiger partial charge in [-0.2, -0.15) is 0 Å². The number of carbonyl (C=O) groups excluding carboxylic acids is 1. The van der Waals surface area contributed by atoms with Crippen LogP contribution in [0.25, 0.3) is 0 Å². The SMILES string of the molecule is CN=C(NCc1ccc(OC)c(NC(C)=O)c1)N(C)Cc1cc(Cl)cn1C.I. The maximum absolute atomic E-state index is 11.4. The van der Waals surface area contributed by atoms with Crippen molar-refractivity contribution in [3.8, 4) is 5.75 Å². The molecule has 0 aliphatic heterocycles. The number of rotatable bonds is 6. The normalized spacial score (nSPS) is 10.9. The van der Waals surface area contributed by atoms with Gasteiger partial charge in [-0.3, -0.25) is 9.79 Å². The van der Waals surface area contributed by atoms with Crippen LogP contribution in [0.1, 0.15) is 18.2 Å². The first kappa shape index (κ1) is 24.1. The highest BCUT2D eigenvalue weighted by Gasteiger charge is 2.11. The number of amides is 1. The summed E-state index contributed by atoms with van der Waals surface area (Å²) in [4.78, 5) is 17.7. The molecule has 2 aromatic rings. The van der Waals surface area contributed by atoms with Gasteiger partial charge in [0.2, 0.25) is 5.91 Å². The summed E-state index contributed by atoms with van der Waals surface area (Å²) in [7, 11) is 7.25. The topological polar surface area (TPSA) is 70.9 Å². The number of hydrogen-bond donors (Lipinski definition) is 2. The van der Waals surface area contributed by atoms with Gasteiger partial charge in [0, 0.05) is 46.5 Å². The van der Waals surface area contributed by atoms with E-state index in [2.05, 4.69) is 15.6 Å². The van der Waals surface area contributed by atoms with Gasteiger partial charge in [0.15, 0.2) is 5.96 Å². The number of nitrogens with one attached hydrogen (secondary N) is 2. The van der Waals surface area contributed by atoms with Crippen molar-refractivity contribution in [1.82, 2.24) is 14.8 Å². The number of aromatic nitrogens is 1. The number of anilines is 1. The molecule has 0 aliphatic carbocycles. The minimum atomic E-state index is -0.143. The Kier molecular flexibility index (Phi) is 9.60. The molecule has 28 heavy (non-hydrogen) atoms. The molecule has 2 N–H and O–H groups in total. The van der Waals surface area contributed by atoms with Gasteiger partial charge >= 0.3 is 0 Å². The number of methoxy groups -OCH3 is 1. The fourth-order valence-electron chi connectivity index (χ4n) is 2.76. The van der Waals surface area contributed by atoms with E-state index in [1.54, 1.807) is 14.2 Å². The van der Waals surface area contributed by atoms with Gasteiger partial charge in [0.25, 0.3) is 0 Å². The minimum absolute atomic E-state index is 0. The van der Waals surface area contributed by atoms with Crippen molar-refractivity contribution < 1.29 is 9.53 Å². The lowest BCUT2D eigenvalue weighted by molar-refractivity contribution is -0.114. The van der Waals surface area contributed by atoms with Gasteiger partial charge in [-0.15, -0.1) is 24.0 Å². The molecule has 7 nitrogen and oxygen atoms in total. The monoisotopic (exact) mass is 519 g/mol. The number of ether oxygens (including phenoxy) is 1. The quantitative estimate of drug-likeness (QED) is 0.348. The Balaban J connectivity index is 0.00000392. The Hall–Kier alpha value is -1.94. The molecule has 2 rings (SSSR count). The third-order valence-electron chi connectivity index (χ3n) is 4.07. The summed E-state index contributed by atoms with van der Waals surface area (Å²) in [6.07, 6.45) is 1.88. The molecule has 9 heteroatoms. The van der Waals surface area contributed by atoms with Gasteiger partial charge in [-0.1, -0.05) is 17.7 Å². The molecule has 0 fully saturated rings. The highest BCUT2D eigenvalue weighted by molar-refractivity contribution is 14.0. The summed E-state index contributed by atoms with van der Waals surface area (Å²) in [5.41, 5.74) is 2.73. The third kappa shape index (κ3) is 6.59. The van der Waals surface area contributed by atoms with E-state index in [0.717, 1.165) is 17.2 Å². The second kappa shape index (κ2) is 11.2. The molecular formula is C19H27ClIN5O2. The molecule has 0 radical (unpaired) electrons. The minimum Gasteiger partial charge on any atom is -0.495 e. The number of benzene rings is 1. The van der Waals surface area contributed by atoms with E-state index < -0.39 is 0 Å². The van der Waals surface area contributed by atoms with E-state index in [1.807, 2.05) is 54.0 Å². The molecule has 1 heterocycles. The third-order valence-corrected chi connectivity index (χ3v) is 4.28. The zero-order valence-electron chi connectivity index (χ0n) is 16.7. The Morgan fingerprint density at radius 1 is 1.36 bits per heavy atom. The molecule has 0 bridgehead atoms. The van der Waals surface area contributed by atoms with E-state index in [0.29, 0.717) is 29.5 Å². The lowest BCUT2D eigenvalue weighted by atomic mass is 10.2. The van der Waals surface area contributed by atoms with Gasteiger partial charge in [-0.25, -0.2) is 0 Å². The predicted octanol–water partition coefficient (Wildman–Crippen LogP) is 3.47. The second-order valence-corrected chi connectivity index (χ2v) is 6.67. The smallest absolute Gasteiger partial charge is 0.221 e. The van der Waals surface area contributed by atoms with Crippen LogP contribution in [-0.4, -0.2) is 42.5 Å². The zero-order valence-corrected chi connectivity index (χ0v) is 19.8. The second-order valence-electron chi connectivity index (χ2n) is 6.23. The summed E-state index contributed by atoms with van der Waals surface area (Å²) in [5.74, 6) is 1.23. The molecule has 0 saturated carbocycles. The Labute approximate surface area is 188 Å². The summed E-state index contributed by atoms with van der Waals surface area (Å²) in [6, 6.07) is 7.61. The van der Waals surface area contributed by atoms with Crippen LogP contribution >= 0.6 is 35.6 Å². The van der Waals surface area contributed by atoms with Gasteiger partial charge in [0.05, 0.1) is 24.4 Å². The van der Waals surface area contributed by atoms with E-state index in [-0.39, 0.29) is 29.9 Å². The first-order chi connectivity index (χ1) is 12.8. The van der Waals surface area contributed by atoms with Crippen LogP contribution in [-0.2, 0) is 24.9 Å². The number of halogens is 2. The molecular weight excluding hydrogens is 493 g/mol. The molecule has 154 valence electrons.